The van der Waals surface area contributed by atoms with Crippen LogP contribution >= 0.6 is 0 Å². The lowest BCUT2D eigenvalue weighted by atomic mass is 10.5. The molecule has 7 nitrogen and oxygen atoms in total. The van der Waals surface area contributed by atoms with Crippen LogP contribution < -0.4 is 0 Å². The van der Waals surface area contributed by atoms with Crippen LogP contribution in [0.4, 0.5) is 0 Å². The van der Waals surface area contributed by atoms with E-state index in [4.69, 9.17) is 23.7 Å². The molecule has 0 amide bonds. The number of carbonyl (C=O) groups excluding carboxylic acids is 2. The minimum absolute atomic E-state index is 0.220. The maximum Gasteiger partial charge on any atom is 0.330 e. The zero-order valence-corrected chi connectivity index (χ0v) is 13.8. The summed E-state index contributed by atoms with van der Waals surface area (Å²) in [6.07, 6.45) is 5.94. The van der Waals surface area contributed by atoms with Crippen LogP contribution in [-0.2, 0) is 33.3 Å². The first-order valence-corrected chi connectivity index (χ1v) is 7.52. The first-order chi connectivity index (χ1) is 11.2. The Morgan fingerprint density at radius 3 is 1.22 bits per heavy atom. The highest BCUT2D eigenvalue weighted by Crippen LogP contribution is 1.86. The Morgan fingerprint density at radius 2 is 0.913 bits per heavy atom. The second-order valence-electron chi connectivity index (χ2n) is 4.17. The van der Waals surface area contributed by atoms with Crippen molar-refractivity contribution in [2.24, 2.45) is 0 Å². The van der Waals surface area contributed by atoms with E-state index in [-0.39, 0.29) is 25.2 Å². The quantitative estimate of drug-likeness (QED) is 0.269. The highest BCUT2D eigenvalue weighted by atomic mass is 16.6. The molecular weight excluding hydrogens is 304 g/mol. The second-order valence-corrected chi connectivity index (χ2v) is 4.17. The van der Waals surface area contributed by atoms with Crippen molar-refractivity contribution in [1.29, 1.82) is 0 Å². The summed E-state index contributed by atoms with van der Waals surface area (Å²) in [7, 11) is 0. The van der Waals surface area contributed by atoms with E-state index in [1.54, 1.807) is 26.0 Å². The van der Waals surface area contributed by atoms with E-state index in [0.717, 1.165) is 0 Å². The molecule has 0 saturated carbocycles. The van der Waals surface area contributed by atoms with Crippen molar-refractivity contribution in [2.45, 2.75) is 13.8 Å². The monoisotopic (exact) mass is 330 g/mol. The Bertz CT molecular complexity index is 329. The highest BCUT2D eigenvalue weighted by Gasteiger charge is 1.97. The summed E-state index contributed by atoms with van der Waals surface area (Å²) >= 11 is 0. The van der Waals surface area contributed by atoms with Gasteiger partial charge in [0.2, 0.25) is 0 Å². The van der Waals surface area contributed by atoms with E-state index in [1.165, 1.54) is 12.2 Å². The van der Waals surface area contributed by atoms with Gasteiger partial charge in [0.25, 0.3) is 0 Å². The van der Waals surface area contributed by atoms with Gasteiger partial charge in [0.05, 0.1) is 39.6 Å². The molecule has 7 heteroatoms. The molecule has 132 valence electrons. The van der Waals surface area contributed by atoms with E-state index in [9.17, 15) is 9.59 Å². The van der Waals surface area contributed by atoms with E-state index in [2.05, 4.69) is 0 Å². The summed E-state index contributed by atoms with van der Waals surface area (Å²) < 4.78 is 25.4. The Labute approximate surface area is 137 Å². The number of esters is 2. The molecule has 0 radical (unpaired) electrons. The third kappa shape index (κ3) is 16.5. The summed E-state index contributed by atoms with van der Waals surface area (Å²) in [5.41, 5.74) is 0. The molecule has 0 unspecified atom stereocenters. The third-order valence-corrected chi connectivity index (χ3v) is 2.29. The van der Waals surface area contributed by atoms with Gasteiger partial charge in [-0.25, -0.2) is 9.59 Å². The van der Waals surface area contributed by atoms with Gasteiger partial charge in [0.15, 0.2) is 0 Å². The van der Waals surface area contributed by atoms with Crippen LogP contribution in [0.25, 0.3) is 0 Å². The smallest absolute Gasteiger partial charge is 0.330 e. The molecule has 0 fully saturated rings. The van der Waals surface area contributed by atoms with E-state index in [1.807, 2.05) is 0 Å². The van der Waals surface area contributed by atoms with Crippen LogP contribution in [0.2, 0.25) is 0 Å². The average Bonchev–Trinajstić information content (AvgIpc) is 2.52. The molecule has 0 aliphatic rings. The molecule has 0 aliphatic heterocycles. The van der Waals surface area contributed by atoms with Crippen LogP contribution in [0.15, 0.2) is 24.3 Å². The first kappa shape index (κ1) is 21.3. The normalized spacial score (nSPS) is 11.2. The lowest BCUT2D eigenvalue weighted by molar-refractivity contribution is -0.140. The fourth-order valence-electron chi connectivity index (χ4n) is 1.31. The SMILES string of the molecule is CC=CC(=O)OCCOCCOCCOCCOC(=O)C=CC. The van der Waals surface area contributed by atoms with Crippen molar-refractivity contribution in [3.63, 3.8) is 0 Å². The predicted octanol–water partition coefficient (Wildman–Crippen LogP) is 1.27. The molecule has 0 bridgehead atoms. The second kappa shape index (κ2) is 16.7. The Kier molecular flexibility index (Phi) is 15.4. The van der Waals surface area contributed by atoms with Crippen LogP contribution in [0.3, 0.4) is 0 Å². The number of allylic oxidation sites excluding steroid dienone is 2. The highest BCUT2D eigenvalue weighted by molar-refractivity contribution is 5.82. The average molecular weight is 330 g/mol. The van der Waals surface area contributed by atoms with Crippen LogP contribution in [-0.4, -0.2) is 64.8 Å². The molecule has 0 heterocycles. The zero-order valence-electron chi connectivity index (χ0n) is 13.8. The molecule has 0 aliphatic carbocycles. The van der Waals surface area contributed by atoms with Gasteiger partial charge >= 0.3 is 11.9 Å². The van der Waals surface area contributed by atoms with Crippen molar-refractivity contribution in [3.8, 4) is 0 Å². The Hall–Kier alpha value is -1.70. The minimum Gasteiger partial charge on any atom is -0.460 e. The van der Waals surface area contributed by atoms with Crippen molar-refractivity contribution in [3.05, 3.63) is 24.3 Å². The van der Waals surface area contributed by atoms with Gasteiger partial charge in [0.1, 0.15) is 13.2 Å². The van der Waals surface area contributed by atoms with Gasteiger partial charge in [-0.15, -0.1) is 0 Å². The topological polar surface area (TPSA) is 80.3 Å². The molecular formula is C16H26O7. The fourth-order valence-corrected chi connectivity index (χ4v) is 1.31. The molecule has 0 rings (SSSR count). The van der Waals surface area contributed by atoms with Crippen molar-refractivity contribution in [1.82, 2.24) is 0 Å². The maximum absolute atomic E-state index is 11.0. The largest absolute Gasteiger partial charge is 0.460 e. The standard InChI is InChI=1S/C16H26O7/c1-3-5-15(17)22-13-11-20-9-7-19-8-10-21-12-14-23-16(18)6-4-2/h3-6H,7-14H2,1-2H3. The number of rotatable bonds is 14. The van der Waals surface area contributed by atoms with Gasteiger partial charge in [-0.2, -0.15) is 0 Å². The number of carbonyl (C=O) groups is 2. The zero-order chi connectivity index (χ0) is 17.2. The summed E-state index contributed by atoms with van der Waals surface area (Å²) in [6, 6.07) is 0. The molecule has 0 N–H and O–H groups in total. The summed E-state index contributed by atoms with van der Waals surface area (Å²) in [6.45, 7) is 6.30. The molecule has 23 heavy (non-hydrogen) atoms. The maximum atomic E-state index is 11.0. The van der Waals surface area contributed by atoms with Gasteiger partial charge in [-0.1, -0.05) is 12.2 Å². The van der Waals surface area contributed by atoms with E-state index < -0.39 is 0 Å². The van der Waals surface area contributed by atoms with E-state index in [0.29, 0.717) is 39.6 Å². The summed E-state index contributed by atoms with van der Waals surface area (Å²) in [5.74, 6) is -0.748. The molecule has 0 saturated heterocycles. The number of ether oxygens (including phenoxy) is 5. The summed E-state index contributed by atoms with van der Waals surface area (Å²) in [5, 5.41) is 0. The van der Waals surface area contributed by atoms with Gasteiger partial charge in [-0.3, -0.25) is 0 Å². The Morgan fingerprint density at radius 1 is 0.609 bits per heavy atom. The van der Waals surface area contributed by atoms with Crippen LogP contribution in [0.1, 0.15) is 13.8 Å². The van der Waals surface area contributed by atoms with Crippen LogP contribution in [0.5, 0.6) is 0 Å². The Balaban J connectivity index is 3.16. The van der Waals surface area contributed by atoms with Crippen molar-refractivity contribution in [2.75, 3.05) is 52.9 Å². The lowest BCUT2D eigenvalue weighted by Crippen LogP contribution is -2.14. The van der Waals surface area contributed by atoms with Crippen molar-refractivity contribution >= 4 is 11.9 Å². The summed E-state index contributed by atoms with van der Waals surface area (Å²) in [4.78, 5) is 21.9. The minimum atomic E-state index is -0.374. The third-order valence-electron chi connectivity index (χ3n) is 2.29. The lowest BCUT2D eigenvalue weighted by Gasteiger charge is -2.07. The van der Waals surface area contributed by atoms with Gasteiger partial charge < -0.3 is 23.7 Å². The van der Waals surface area contributed by atoms with E-state index >= 15 is 0 Å². The molecule has 0 atom stereocenters. The van der Waals surface area contributed by atoms with Crippen LogP contribution in [0, 0.1) is 0 Å². The first-order valence-electron chi connectivity index (χ1n) is 7.52. The fraction of sp³-hybridized carbons (Fsp3) is 0.625. The molecule has 0 aromatic heterocycles. The molecule has 0 aromatic carbocycles. The van der Waals surface area contributed by atoms with Gasteiger partial charge in [-0.05, 0) is 13.8 Å². The van der Waals surface area contributed by atoms with Crippen molar-refractivity contribution < 1.29 is 33.3 Å². The molecule has 0 aromatic rings. The number of hydrogen-bond acceptors (Lipinski definition) is 7. The number of hydrogen-bond donors (Lipinski definition) is 0. The van der Waals surface area contributed by atoms with Gasteiger partial charge in [0, 0.05) is 12.2 Å². The molecule has 0 spiro atoms. The predicted molar refractivity (Wildman–Crippen MR) is 84.0 cm³/mol.